The highest BCUT2D eigenvalue weighted by atomic mass is 79.9. The minimum atomic E-state index is -4.28. The first kappa shape index (κ1) is 10.7. The van der Waals surface area contributed by atoms with Crippen molar-refractivity contribution in [3.05, 3.63) is 22.7 Å². The van der Waals surface area contributed by atoms with Crippen LogP contribution in [-0.2, 0) is 0 Å². The van der Waals surface area contributed by atoms with E-state index in [1.807, 2.05) is 0 Å². The van der Waals surface area contributed by atoms with Crippen molar-refractivity contribution in [3.8, 4) is 0 Å². The topological polar surface area (TPSA) is 26.0 Å². The summed E-state index contributed by atoms with van der Waals surface area (Å²) in [5.74, 6) is 0. The predicted octanol–water partition coefficient (Wildman–Crippen LogP) is 3.64. The molecule has 0 bridgehead atoms. The Morgan fingerprint density at radius 1 is 1.31 bits per heavy atom. The van der Waals surface area contributed by atoms with Crippen LogP contribution in [0.4, 0.5) is 18.9 Å². The Morgan fingerprint density at radius 2 is 1.92 bits per heavy atom. The van der Waals surface area contributed by atoms with E-state index in [0.29, 0.717) is 10.2 Å². The van der Waals surface area contributed by atoms with Crippen LogP contribution in [0.5, 0.6) is 0 Å². The lowest BCUT2D eigenvalue weighted by atomic mass is 10.3. The number of rotatable bonds is 1. The first-order chi connectivity index (χ1) is 5.88. The summed E-state index contributed by atoms with van der Waals surface area (Å²) in [6.07, 6.45) is 0. The number of nitrogens with two attached hydrogens (primary N) is 1. The first-order valence-corrected chi connectivity index (χ1v) is 4.80. The molecule has 1 nitrogen and oxygen atoms in total. The van der Waals surface area contributed by atoms with Gasteiger partial charge in [-0.3, -0.25) is 0 Å². The van der Waals surface area contributed by atoms with Gasteiger partial charge in [0.05, 0.1) is 0 Å². The van der Waals surface area contributed by atoms with Gasteiger partial charge in [-0.15, -0.1) is 0 Å². The summed E-state index contributed by atoms with van der Waals surface area (Å²) in [4.78, 5) is 0.0764. The van der Waals surface area contributed by atoms with Crippen molar-refractivity contribution in [1.29, 1.82) is 0 Å². The van der Waals surface area contributed by atoms with E-state index in [1.165, 1.54) is 18.2 Å². The smallest absolute Gasteiger partial charge is 0.399 e. The van der Waals surface area contributed by atoms with Gasteiger partial charge in [-0.1, -0.05) is 0 Å². The summed E-state index contributed by atoms with van der Waals surface area (Å²) >= 11 is 2.82. The molecule has 0 aromatic heterocycles. The predicted molar refractivity (Wildman–Crippen MR) is 50.5 cm³/mol. The molecule has 0 radical (unpaired) electrons. The number of benzene rings is 1. The van der Waals surface area contributed by atoms with Crippen molar-refractivity contribution in [2.24, 2.45) is 0 Å². The van der Waals surface area contributed by atoms with Gasteiger partial charge in [-0.05, 0) is 45.9 Å². The molecule has 2 N–H and O–H groups in total. The number of hydrogen-bond donors (Lipinski definition) is 1. The zero-order valence-electron chi connectivity index (χ0n) is 6.23. The average molecular weight is 272 g/mol. The summed E-state index contributed by atoms with van der Waals surface area (Å²) in [5, 5.41) is 0. The van der Waals surface area contributed by atoms with Crippen LogP contribution < -0.4 is 5.73 Å². The van der Waals surface area contributed by atoms with Crippen LogP contribution in [-0.4, -0.2) is 5.51 Å². The Kier molecular flexibility index (Phi) is 3.13. The van der Waals surface area contributed by atoms with Gasteiger partial charge in [0, 0.05) is 15.1 Å². The lowest BCUT2D eigenvalue weighted by Crippen LogP contribution is -1.99. The third-order valence-electron chi connectivity index (χ3n) is 1.18. The third-order valence-corrected chi connectivity index (χ3v) is 2.92. The van der Waals surface area contributed by atoms with Gasteiger partial charge in [0.15, 0.2) is 0 Å². The van der Waals surface area contributed by atoms with Crippen molar-refractivity contribution < 1.29 is 13.2 Å². The summed E-state index contributed by atoms with van der Waals surface area (Å²) in [6.45, 7) is 0. The molecule has 0 heterocycles. The Morgan fingerprint density at radius 3 is 2.46 bits per heavy atom. The maximum absolute atomic E-state index is 12.0. The molecule has 0 saturated carbocycles. The summed E-state index contributed by atoms with van der Waals surface area (Å²) in [5.41, 5.74) is 1.38. The van der Waals surface area contributed by atoms with E-state index in [9.17, 15) is 13.2 Å². The quantitative estimate of drug-likeness (QED) is 0.624. The van der Waals surface area contributed by atoms with E-state index in [0.717, 1.165) is 0 Å². The number of alkyl halides is 3. The lowest BCUT2D eigenvalue weighted by Gasteiger charge is -2.07. The fourth-order valence-corrected chi connectivity index (χ4v) is 1.82. The third kappa shape index (κ3) is 3.48. The van der Waals surface area contributed by atoms with E-state index in [-0.39, 0.29) is 16.7 Å². The monoisotopic (exact) mass is 271 g/mol. The van der Waals surface area contributed by atoms with E-state index in [4.69, 9.17) is 5.73 Å². The number of hydrogen-bond acceptors (Lipinski definition) is 2. The van der Waals surface area contributed by atoms with Crippen LogP contribution in [0.25, 0.3) is 0 Å². The highest BCUT2D eigenvalue weighted by Gasteiger charge is 2.30. The van der Waals surface area contributed by atoms with Crippen molar-refractivity contribution >= 4 is 33.4 Å². The van der Waals surface area contributed by atoms with Crippen LogP contribution in [0.15, 0.2) is 27.6 Å². The summed E-state index contributed by atoms with van der Waals surface area (Å²) in [7, 11) is 0. The van der Waals surface area contributed by atoms with Crippen molar-refractivity contribution in [1.82, 2.24) is 0 Å². The molecule has 0 unspecified atom stereocenters. The highest BCUT2D eigenvalue weighted by Crippen LogP contribution is 2.40. The molecule has 1 aromatic carbocycles. The second-order valence-corrected chi connectivity index (χ2v) is 4.20. The molecule has 0 aliphatic rings. The van der Waals surface area contributed by atoms with Crippen LogP contribution in [0, 0.1) is 0 Å². The van der Waals surface area contributed by atoms with Crippen molar-refractivity contribution in [2.45, 2.75) is 10.4 Å². The molecule has 0 aliphatic carbocycles. The number of halogens is 4. The Hall–Kier alpha value is -0.360. The Balaban J connectivity index is 2.94. The number of anilines is 1. The fourth-order valence-electron chi connectivity index (χ4n) is 0.723. The number of nitrogen functional groups attached to an aromatic ring is 1. The molecule has 0 fully saturated rings. The van der Waals surface area contributed by atoms with Crippen molar-refractivity contribution in [3.63, 3.8) is 0 Å². The Labute approximate surface area is 85.6 Å². The van der Waals surface area contributed by atoms with Gasteiger partial charge in [0.25, 0.3) is 0 Å². The lowest BCUT2D eigenvalue weighted by molar-refractivity contribution is -0.0328. The normalized spacial score (nSPS) is 11.7. The number of thioether (sulfide) groups is 1. The molecule has 1 aromatic rings. The van der Waals surface area contributed by atoms with Crippen LogP contribution in [0.3, 0.4) is 0 Å². The van der Waals surface area contributed by atoms with Gasteiger partial charge < -0.3 is 5.73 Å². The molecule has 1 rings (SSSR count). The maximum atomic E-state index is 12.0. The SMILES string of the molecule is Nc1ccc(Br)c(SC(F)(F)F)c1. The van der Waals surface area contributed by atoms with Gasteiger partial charge in [-0.25, -0.2) is 0 Å². The molecule has 0 saturated heterocycles. The molecule has 13 heavy (non-hydrogen) atoms. The van der Waals surface area contributed by atoms with E-state index in [2.05, 4.69) is 15.9 Å². The molecule has 0 aliphatic heterocycles. The van der Waals surface area contributed by atoms with Gasteiger partial charge in [0.1, 0.15) is 0 Å². The van der Waals surface area contributed by atoms with Crippen LogP contribution >= 0.6 is 27.7 Å². The molecular formula is C7H5BrF3NS. The minimum absolute atomic E-state index is 0.0764. The van der Waals surface area contributed by atoms with E-state index < -0.39 is 5.51 Å². The summed E-state index contributed by atoms with van der Waals surface area (Å²) < 4.78 is 36.3. The van der Waals surface area contributed by atoms with Crippen LogP contribution in [0.2, 0.25) is 0 Å². The average Bonchev–Trinajstić information content (AvgIpc) is 1.94. The summed E-state index contributed by atoms with van der Waals surface area (Å²) in [6, 6.07) is 4.30. The van der Waals surface area contributed by atoms with Crippen molar-refractivity contribution in [2.75, 3.05) is 5.73 Å². The molecular weight excluding hydrogens is 267 g/mol. The van der Waals surface area contributed by atoms with Crippen LogP contribution in [0.1, 0.15) is 0 Å². The minimum Gasteiger partial charge on any atom is -0.399 e. The maximum Gasteiger partial charge on any atom is 0.446 e. The van der Waals surface area contributed by atoms with Gasteiger partial charge in [0.2, 0.25) is 0 Å². The molecule has 0 amide bonds. The Bertz CT molecular complexity index is 313. The molecule has 72 valence electrons. The molecule has 0 spiro atoms. The largest absolute Gasteiger partial charge is 0.446 e. The second-order valence-electron chi connectivity index (χ2n) is 2.24. The van der Waals surface area contributed by atoms with Gasteiger partial charge in [-0.2, -0.15) is 13.2 Å². The van der Waals surface area contributed by atoms with E-state index >= 15 is 0 Å². The molecule has 0 atom stereocenters. The van der Waals surface area contributed by atoms with E-state index in [1.54, 1.807) is 0 Å². The highest BCUT2D eigenvalue weighted by molar-refractivity contribution is 9.10. The fraction of sp³-hybridized carbons (Fsp3) is 0.143. The first-order valence-electron chi connectivity index (χ1n) is 3.19. The zero-order valence-corrected chi connectivity index (χ0v) is 8.63. The second kappa shape index (κ2) is 3.79. The standard InChI is InChI=1S/C7H5BrF3NS/c8-5-2-1-4(12)3-6(5)13-7(9,10)11/h1-3H,12H2. The van der Waals surface area contributed by atoms with Gasteiger partial charge >= 0.3 is 5.51 Å². The molecule has 6 heteroatoms. The zero-order chi connectivity index (χ0) is 10.1.